The van der Waals surface area contributed by atoms with Crippen LogP contribution in [0.3, 0.4) is 0 Å². The van der Waals surface area contributed by atoms with E-state index in [4.69, 9.17) is 5.73 Å². The summed E-state index contributed by atoms with van der Waals surface area (Å²) in [5.74, 6) is 0.170. The molecule has 3 rings (SSSR count). The lowest BCUT2D eigenvalue weighted by Crippen LogP contribution is -2.32. The molecule has 8 heteroatoms. The second kappa shape index (κ2) is 14.0. The van der Waals surface area contributed by atoms with Crippen LogP contribution < -0.4 is 11.1 Å². The van der Waals surface area contributed by atoms with Gasteiger partial charge in [-0.25, -0.2) is 4.98 Å². The lowest BCUT2D eigenvalue weighted by Gasteiger charge is -2.22. The van der Waals surface area contributed by atoms with Crippen LogP contribution in [-0.4, -0.2) is 53.0 Å². The Balaban J connectivity index is 0.000000291. The van der Waals surface area contributed by atoms with E-state index in [1.165, 1.54) is 10.4 Å². The van der Waals surface area contributed by atoms with Crippen molar-refractivity contribution < 1.29 is 14.7 Å². The first kappa shape index (κ1) is 27.7. The van der Waals surface area contributed by atoms with Gasteiger partial charge in [-0.1, -0.05) is 52.0 Å². The minimum Gasteiger partial charge on any atom is -0.391 e. The predicted octanol–water partition coefficient (Wildman–Crippen LogP) is 3.35. The van der Waals surface area contributed by atoms with E-state index in [-0.39, 0.29) is 17.4 Å². The van der Waals surface area contributed by atoms with Crippen molar-refractivity contribution in [3.63, 3.8) is 0 Å². The molecule has 7 nitrogen and oxygen atoms in total. The second-order valence-electron chi connectivity index (χ2n) is 8.89. The molecule has 0 saturated carbocycles. The van der Waals surface area contributed by atoms with Gasteiger partial charge in [0.05, 0.1) is 22.2 Å². The van der Waals surface area contributed by atoms with Gasteiger partial charge in [0.15, 0.2) is 0 Å². The van der Waals surface area contributed by atoms with Crippen LogP contribution in [0, 0.1) is 12.3 Å². The lowest BCUT2D eigenvalue weighted by atomic mass is 9.92. The number of aliphatic hydroxyl groups is 1. The molecule has 1 atom stereocenters. The van der Waals surface area contributed by atoms with Crippen LogP contribution in [0.1, 0.15) is 51.8 Å². The number of hydrogen-bond donors (Lipinski definition) is 3. The average Bonchev–Trinajstić information content (AvgIpc) is 3.35. The molecule has 1 saturated heterocycles. The van der Waals surface area contributed by atoms with E-state index < -0.39 is 0 Å². The summed E-state index contributed by atoms with van der Waals surface area (Å²) in [6.07, 6.45) is 1.71. The highest BCUT2D eigenvalue weighted by Gasteiger charge is 2.27. The Morgan fingerprint density at radius 1 is 1.34 bits per heavy atom. The normalized spacial score (nSPS) is 15.2. The van der Waals surface area contributed by atoms with Crippen molar-refractivity contribution in [2.45, 2.75) is 60.1 Å². The summed E-state index contributed by atoms with van der Waals surface area (Å²) >= 11 is 1.64. The maximum Gasteiger partial charge on any atom is 0.223 e. The van der Waals surface area contributed by atoms with Crippen molar-refractivity contribution in [2.24, 2.45) is 11.1 Å². The lowest BCUT2D eigenvalue weighted by molar-refractivity contribution is -0.132. The van der Waals surface area contributed by atoms with Crippen LogP contribution in [0.15, 0.2) is 29.8 Å². The molecule has 2 amide bonds. The van der Waals surface area contributed by atoms with Crippen LogP contribution in [0.25, 0.3) is 10.4 Å². The first-order chi connectivity index (χ1) is 15.1. The monoisotopic (exact) mass is 462 g/mol. The summed E-state index contributed by atoms with van der Waals surface area (Å²) in [4.78, 5) is 29.0. The molecule has 1 aromatic carbocycles. The molecule has 0 bridgehead atoms. The quantitative estimate of drug-likeness (QED) is 0.591. The third-order valence-corrected chi connectivity index (χ3v) is 5.53. The van der Waals surface area contributed by atoms with Crippen molar-refractivity contribution in [1.29, 1.82) is 0 Å². The number of β-amino-alcohol motifs (C(OH)–C–C–N with tert-alkyl or cyclic N) is 1. The molecule has 0 radical (unpaired) electrons. The molecule has 4 N–H and O–H groups in total. The number of aryl methyl sites for hydroxylation is 1. The van der Waals surface area contributed by atoms with E-state index in [0.717, 1.165) is 30.8 Å². The molecule has 0 spiro atoms. The van der Waals surface area contributed by atoms with E-state index in [2.05, 4.69) is 43.2 Å². The van der Waals surface area contributed by atoms with Gasteiger partial charge >= 0.3 is 0 Å². The summed E-state index contributed by atoms with van der Waals surface area (Å²) in [5.41, 5.74) is 10.1. The number of aliphatic hydroxyl groups excluding tert-OH is 1. The number of rotatable bonds is 5. The third kappa shape index (κ3) is 10.3. The van der Waals surface area contributed by atoms with Crippen LogP contribution in [-0.2, 0) is 16.1 Å². The summed E-state index contributed by atoms with van der Waals surface area (Å²) in [6, 6.07) is 8.15. The summed E-state index contributed by atoms with van der Waals surface area (Å²) in [6.45, 7) is 12.6. The number of hydrogen-bond acceptors (Lipinski definition) is 6. The van der Waals surface area contributed by atoms with Gasteiger partial charge in [-0.2, -0.15) is 0 Å². The number of carbonyl (C=O) groups is 2. The van der Waals surface area contributed by atoms with Crippen LogP contribution in [0.2, 0.25) is 0 Å². The molecular weight excluding hydrogens is 424 g/mol. The largest absolute Gasteiger partial charge is 0.391 e. The highest BCUT2D eigenvalue weighted by atomic mass is 32.1. The van der Waals surface area contributed by atoms with Crippen LogP contribution in [0.5, 0.6) is 0 Å². The molecule has 1 aliphatic heterocycles. The average molecular weight is 463 g/mol. The minimum absolute atomic E-state index is 0.0463. The third-order valence-electron chi connectivity index (χ3n) is 4.55. The molecule has 32 heavy (non-hydrogen) atoms. The Bertz CT molecular complexity index is 815. The number of aromatic nitrogens is 1. The Labute approximate surface area is 196 Å². The van der Waals surface area contributed by atoms with Crippen molar-refractivity contribution in [3.05, 3.63) is 41.0 Å². The van der Waals surface area contributed by atoms with E-state index >= 15 is 0 Å². The fraction of sp³-hybridized carbons (Fsp3) is 0.542. The van der Waals surface area contributed by atoms with Crippen molar-refractivity contribution >= 4 is 23.7 Å². The minimum atomic E-state index is -0.302. The van der Waals surface area contributed by atoms with Crippen LogP contribution in [0.4, 0.5) is 0 Å². The molecule has 178 valence electrons. The number of carbonyl (C=O) groups excluding carboxylic acids is 2. The molecular formula is C24H38N4O3S. The maximum atomic E-state index is 11.6. The van der Waals surface area contributed by atoms with Gasteiger partial charge in [0, 0.05) is 26.1 Å². The predicted molar refractivity (Wildman–Crippen MR) is 131 cm³/mol. The summed E-state index contributed by atoms with van der Waals surface area (Å²) in [5, 5.41) is 11.9. The molecule has 1 aliphatic rings. The highest BCUT2D eigenvalue weighted by Crippen LogP contribution is 2.27. The number of nitrogens with zero attached hydrogens (tertiary/aromatic N) is 2. The van der Waals surface area contributed by atoms with Gasteiger partial charge in [0.1, 0.15) is 0 Å². The SMILES string of the molecule is CC(C)(C)CC(=O)N1CCC(O)C1.CCN.Cc1ncsc1-c1ccc(CNC=O)cc1. The molecule has 0 aliphatic carbocycles. The number of thiazole rings is 1. The topological polar surface area (TPSA) is 109 Å². The molecule has 2 aromatic rings. The Morgan fingerprint density at radius 2 is 1.97 bits per heavy atom. The van der Waals surface area contributed by atoms with E-state index in [0.29, 0.717) is 25.9 Å². The zero-order valence-electron chi connectivity index (χ0n) is 19.9. The molecule has 2 heterocycles. The number of amides is 2. The molecule has 1 aromatic heterocycles. The van der Waals surface area contributed by atoms with Gasteiger partial charge in [0.25, 0.3) is 0 Å². The summed E-state index contributed by atoms with van der Waals surface area (Å²) < 4.78 is 0. The van der Waals surface area contributed by atoms with E-state index in [1.807, 2.05) is 31.5 Å². The fourth-order valence-corrected chi connectivity index (χ4v) is 3.86. The van der Waals surface area contributed by atoms with E-state index in [1.54, 1.807) is 16.2 Å². The number of likely N-dealkylation sites (tertiary alicyclic amines) is 1. The zero-order valence-corrected chi connectivity index (χ0v) is 20.7. The van der Waals surface area contributed by atoms with Gasteiger partial charge in [-0.15, -0.1) is 11.3 Å². The Kier molecular flexibility index (Phi) is 12.1. The number of nitrogens with one attached hydrogen (secondary N) is 1. The first-order valence-electron chi connectivity index (χ1n) is 10.9. The smallest absolute Gasteiger partial charge is 0.223 e. The summed E-state index contributed by atoms with van der Waals surface area (Å²) in [7, 11) is 0. The zero-order chi connectivity index (χ0) is 24.1. The van der Waals surface area contributed by atoms with Gasteiger partial charge < -0.3 is 21.1 Å². The van der Waals surface area contributed by atoms with Crippen molar-refractivity contribution in [2.75, 3.05) is 19.6 Å². The van der Waals surface area contributed by atoms with Gasteiger partial charge in [-0.05, 0) is 36.4 Å². The van der Waals surface area contributed by atoms with Gasteiger partial charge in [0.2, 0.25) is 12.3 Å². The second-order valence-corrected chi connectivity index (χ2v) is 9.75. The Morgan fingerprint density at radius 3 is 2.41 bits per heavy atom. The van der Waals surface area contributed by atoms with Gasteiger partial charge in [-0.3, -0.25) is 9.59 Å². The maximum absolute atomic E-state index is 11.6. The molecule has 1 unspecified atom stereocenters. The Hall–Kier alpha value is -2.29. The first-order valence-corrected chi connectivity index (χ1v) is 11.8. The standard InChI is InChI=1S/C12H12N2OS.C10H19NO2.C2H7N/c1-9-12(16-8-14-9)11-4-2-10(3-5-11)6-13-7-15;1-10(2,3)6-9(13)11-5-4-8(12)7-11;1-2-3/h2-5,7-8H,6H2,1H3,(H,13,15);8,12H,4-7H2,1-3H3;2-3H2,1H3. The highest BCUT2D eigenvalue weighted by molar-refractivity contribution is 7.13. The number of benzene rings is 1. The fourth-order valence-electron chi connectivity index (χ4n) is 3.05. The van der Waals surface area contributed by atoms with Crippen molar-refractivity contribution in [1.82, 2.24) is 15.2 Å². The van der Waals surface area contributed by atoms with E-state index in [9.17, 15) is 14.7 Å². The molecule has 1 fully saturated rings. The van der Waals surface area contributed by atoms with Crippen LogP contribution >= 0.6 is 11.3 Å². The number of nitrogens with two attached hydrogens (primary N) is 1. The van der Waals surface area contributed by atoms with Crippen molar-refractivity contribution in [3.8, 4) is 10.4 Å².